The van der Waals surface area contributed by atoms with Crippen LogP contribution in [0.5, 0.6) is 0 Å². The second-order valence-corrected chi connectivity index (χ2v) is 4.60. The smallest absolute Gasteiger partial charge is 0.240 e. The Morgan fingerprint density at radius 3 is 2.81 bits per heavy atom. The number of piperazine rings is 1. The summed E-state index contributed by atoms with van der Waals surface area (Å²) in [5.41, 5.74) is 0. The van der Waals surface area contributed by atoms with Crippen LogP contribution in [-0.2, 0) is 9.59 Å². The minimum atomic E-state index is -0.276. The molecular weight excluding hydrogens is 206 g/mol. The number of nitrogens with zero attached hydrogens (tertiary/aromatic N) is 1. The third kappa shape index (κ3) is 1.85. The van der Waals surface area contributed by atoms with Gasteiger partial charge in [-0.05, 0) is 26.8 Å². The van der Waals surface area contributed by atoms with E-state index in [2.05, 4.69) is 10.6 Å². The Morgan fingerprint density at radius 1 is 1.44 bits per heavy atom. The van der Waals surface area contributed by atoms with Gasteiger partial charge in [-0.25, -0.2) is 0 Å². The lowest BCUT2D eigenvalue weighted by Gasteiger charge is -2.46. The molecule has 0 radical (unpaired) electrons. The van der Waals surface area contributed by atoms with Crippen molar-refractivity contribution in [2.45, 2.75) is 37.9 Å². The van der Waals surface area contributed by atoms with Crippen molar-refractivity contribution in [1.82, 2.24) is 15.5 Å². The zero-order chi connectivity index (χ0) is 11.7. The van der Waals surface area contributed by atoms with E-state index in [9.17, 15) is 9.59 Å². The zero-order valence-corrected chi connectivity index (χ0v) is 9.82. The molecule has 90 valence electrons. The lowest BCUT2D eigenvalue weighted by molar-refractivity contribution is -0.148. The molecule has 2 rings (SSSR count). The third-order valence-corrected chi connectivity index (χ3v) is 3.61. The first-order valence-corrected chi connectivity index (χ1v) is 5.85. The minimum Gasteiger partial charge on any atom is -0.326 e. The van der Waals surface area contributed by atoms with Gasteiger partial charge in [-0.15, -0.1) is 0 Å². The van der Waals surface area contributed by atoms with Crippen molar-refractivity contribution < 1.29 is 9.59 Å². The molecule has 5 nitrogen and oxygen atoms in total. The van der Waals surface area contributed by atoms with E-state index in [0.29, 0.717) is 6.54 Å². The zero-order valence-electron chi connectivity index (χ0n) is 9.82. The molecule has 0 saturated carbocycles. The number of fused-ring (bicyclic) bond motifs is 1. The maximum absolute atomic E-state index is 12.2. The van der Waals surface area contributed by atoms with Gasteiger partial charge in [0.15, 0.2) is 5.78 Å². The Morgan fingerprint density at radius 2 is 2.19 bits per heavy atom. The quantitative estimate of drug-likeness (QED) is 0.641. The molecule has 0 aromatic rings. The topological polar surface area (TPSA) is 61.4 Å². The van der Waals surface area contributed by atoms with Crippen LogP contribution in [0, 0.1) is 0 Å². The average Bonchev–Trinajstić information content (AvgIpc) is 2.29. The summed E-state index contributed by atoms with van der Waals surface area (Å²) in [5, 5.41) is 6.26. The first-order valence-electron chi connectivity index (χ1n) is 5.85. The standard InChI is InChI=1S/C11H19N3O2/c1-7(15)10-6-13-5-8-3-4-9(12-2)11(16)14(8)10/h8-10,12-13H,3-6H2,1-2H3. The highest BCUT2D eigenvalue weighted by molar-refractivity contribution is 5.91. The molecule has 3 unspecified atom stereocenters. The van der Waals surface area contributed by atoms with Gasteiger partial charge >= 0.3 is 0 Å². The van der Waals surface area contributed by atoms with E-state index < -0.39 is 0 Å². The van der Waals surface area contributed by atoms with E-state index in [-0.39, 0.29) is 29.8 Å². The number of rotatable bonds is 2. The van der Waals surface area contributed by atoms with Crippen LogP contribution >= 0.6 is 0 Å². The third-order valence-electron chi connectivity index (χ3n) is 3.61. The van der Waals surface area contributed by atoms with E-state index in [1.54, 1.807) is 18.9 Å². The van der Waals surface area contributed by atoms with Crippen molar-refractivity contribution in [1.29, 1.82) is 0 Å². The number of nitrogens with one attached hydrogen (secondary N) is 2. The van der Waals surface area contributed by atoms with Gasteiger partial charge in [-0.1, -0.05) is 0 Å². The van der Waals surface area contributed by atoms with Crippen LogP contribution in [0.4, 0.5) is 0 Å². The number of hydrogen-bond acceptors (Lipinski definition) is 4. The molecule has 1 amide bonds. The maximum atomic E-state index is 12.2. The van der Waals surface area contributed by atoms with Crippen LogP contribution in [0.1, 0.15) is 19.8 Å². The fourth-order valence-electron chi connectivity index (χ4n) is 2.68. The Bertz CT molecular complexity index is 306. The van der Waals surface area contributed by atoms with Crippen molar-refractivity contribution in [2.75, 3.05) is 20.1 Å². The minimum absolute atomic E-state index is 0.0716. The molecule has 2 saturated heterocycles. The second kappa shape index (κ2) is 4.51. The van der Waals surface area contributed by atoms with Crippen LogP contribution in [-0.4, -0.2) is 54.9 Å². The van der Waals surface area contributed by atoms with Crippen LogP contribution in [0.2, 0.25) is 0 Å². The Hall–Kier alpha value is -0.940. The Kier molecular flexibility index (Phi) is 3.25. The van der Waals surface area contributed by atoms with Crippen LogP contribution in [0.3, 0.4) is 0 Å². The maximum Gasteiger partial charge on any atom is 0.240 e. The van der Waals surface area contributed by atoms with E-state index in [1.165, 1.54) is 0 Å². The first-order chi connectivity index (χ1) is 7.65. The van der Waals surface area contributed by atoms with Crippen molar-refractivity contribution in [2.24, 2.45) is 0 Å². The summed E-state index contributed by atoms with van der Waals surface area (Å²) in [4.78, 5) is 25.5. The number of likely N-dealkylation sites (N-methyl/N-ethyl adjacent to an activating group) is 1. The van der Waals surface area contributed by atoms with Gasteiger partial charge in [0.2, 0.25) is 5.91 Å². The Balaban J connectivity index is 2.20. The molecule has 0 bridgehead atoms. The summed E-state index contributed by atoms with van der Waals surface area (Å²) in [6.45, 7) is 2.96. The molecule has 2 aliphatic rings. The van der Waals surface area contributed by atoms with Crippen LogP contribution in [0.25, 0.3) is 0 Å². The van der Waals surface area contributed by atoms with Gasteiger partial charge in [-0.2, -0.15) is 0 Å². The van der Waals surface area contributed by atoms with Crippen molar-refractivity contribution in [3.63, 3.8) is 0 Å². The van der Waals surface area contributed by atoms with E-state index in [0.717, 1.165) is 19.4 Å². The van der Waals surface area contributed by atoms with Crippen LogP contribution < -0.4 is 10.6 Å². The normalized spacial score (nSPS) is 34.8. The number of ketones is 1. The number of hydrogen-bond donors (Lipinski definition) is 2. The highest BCUT2D eigenvalue weighted by Gasteiger charge is 2.42. The summed E-state index contributed by atoms with van der Waals surface area (Å²) in [6.07, 6.45) is 1.83. The fraction of sp³-hybridized carbons (Fsp3) is 0.818. The monoisotopic (exact) mass is 225 g/mol. The number of Topliss-reactive ketones (excluding diaryl/α,β-unsaturated/α-hetero) is 1. The molecule has 2 N–H and O–H groups in total. The number of amides is 1. The number of carbonyl (C=O) groups excluding carboxylic acids is 2. The SMILES string of the molecule is CNC1CCC2CNCC(C(C)=O)N2C1=O. The summed E-state index contributed by atoms with van der Waals surface area (Å²) in [5.74, 6) is 0.155. The van der Waals surface area contributed by atoms with Gasteiger partial charge in [0.25, 0.3) is 0 Å². The molecule has 2 aliphatic heterocycles. The van der Waals surface area contributed by atoms with E-state index in [1.807, 2.05) is 0 Å². The number of carbonyl (C=O) groups is 2. The lowest BCUT2D eigenvalue weighted by Crippen LogP contribution is -2.67. The molecule has 2 fully saturated rings. The summed E-state index contributed by atoms with van der Waals surface area (Å²) < 4.78 is 0. The largest absolute Gasteiger partial charge is 0.326 e. The van der Waals surface area contributed by atoms with Crippen molar-refractivity contribution in [3.8, 4) is 0 Å². The molecule has 0 aromatic heterocycles. The van der Waals surface area contributed by atoms with Crippen LogP contribution in [0.15, 0.2) is 0 Å². The first kappa shape index (κ1) is 11.5. The Labute approximate surface area is 95.6 Å². The van der Waals surface area contributed by atoms with E-state index in [4.69, 9.17) is 0 Å². The van der Waals surface area contributed by atoms with Crippen molar-refractivity contribution >= 4 is 11.7 Å². The van der Waals surface area contributed by atoms with Gasteiger partial charge in [0.05, 0.1) is 6.04 Å². The van der Waals surface area contributed by atoms with Gasteiger partial charge in [0, 0.05) is 19.1 Å². The molecule has 0 aromatic carbocycles. The predicted octanol–water partition coefficient (Wildman–Crippen LogP) is -0.874. The van der Waals surface area contributed by atoms with E-state index >= 15 is 0 Å². The molecule has 0 spiro atoms. The molecule has 0 aliphatic carbocycles. The molecule has 5 heteroatoms. The summed E-state index contributed by atoms with van der Waals surface area (Å²) >= 11 is 0. The fourth-order valence-corrected chi connectivity index (χ4v) is 2.68. The highest BCUT2D eigenvalue weighted by atomic mass is 16.2. The average molecular weight is 225 g/mol. The molecular formula is C11H19N3O2. The van der Waals surface area contributed by atoms with Gasteiger partial charge in [0.1, 0.15) is 6.04 Å². The lowest BCUT2D eigenvalue weighted by atomic mass is 9.92. The van der Waals surface area contributed by atoms with Gasteiger partial charge in [-0.3, -0.25) is 9.59 Å². The number of piperidine rings is 1. The summed E-state index contributed by atoms with van der Waals surface area (Å²) in [6, 6.07) is -0.196. The molecule has 2 heterocycles. The predicted molar refractivity (Wildman–Crippen MR) is 60.1 cm³/mol. The highest BCUT2D eigenvalue weighted by Crippen LogP contribution is 2.23. The molecule has 16 heavy (non-hydrogen) atoms. The van der Waals surface area contributed by atoms with Crippen molar-refractivity contribution in [3.05, 3.63) is 0 Å². The summed E-state index contributed by atoms with van der Waals surface area (Å²) in [7, 11) is 1.80. The second-order valence-electron chi connectivity index (χ2n) is 4.60. The molecule has 3 atom stereocenters. The van der Waals surface area contributed by atoms with Gasteiger partial charge < -0.3 is 15.5 Å².